The molecule has 15 heteroatoms. The Morgan fingerprint density at radius 3 is 2.59 bits per heavy atom. The Balaban J connectivity index is 1.15. The van der Waals surface area contributed by atoms with Crippen LogP contribution in [0.4, 0.5) is 16.3 Å². The second kappa shape index (κ2) is 12.0. The van der Waals surface area contributed by atoms with Gasteiger partial charge in [0.25, 0.3) is 5.69 Å². The first kappa shape index (κ1) is 28.2. The Hall–Kier alpha value is -4.36. The second-order valence-corrected chi connectivity index (χ2v) is 9.90. The number of nitrogen functional groups attached to an aromatic ring is 1. The molecule has 0 radical (unpaired) electrons. The van der Waals surface area contributed by atoms with Crippen LogP contribution in [0.1, 0.15) is 36.9 Å². The van der Waals surface area contributed by atoms with Crippen molar-refractivity contribution in [1.82, 2.24) is 24.4 Å². The van der Waals surface area contributed by atoms with Crippen LogP contribution in [0.2, 0.25) is 0 Å². The van der Waals surface area contributed by atoms with Crippen molar-refractivity contribution in [3.63, 3.8) is 0 Å². The van der Waals surface area contributed by atoms with Gasteiger partial charge in [-0.25, -0.2) is 19.7 Å². The number of rotatable bonds is 6. The number of benzene rings is 1. The number of piperidine rings is 1. The molecule has 0 bridgehead atoms. The summed E-state index contributed by atoms with van der Waals surface area (Å²) >= 11 is 0. The van der Waals surface area contributed by atoms with E-state index >= 15 is 0 Å². The molecule has 41 heavy (non-hydrogen) atoms. The number of amides is 1. The number of aliphatic hydroxyl groups excluding tert-OH is 3. The minimum absolute atomic E-state index is 0.0244. The second-order valence-electron chi connectivity index (χ2n) is 9.90. The van der Waals surface area contributed by atoms with Crippen molar-refractivity contribution in [3.05, 3.63) is 52.1 Å². The number of nitro benzene ring substituents is 1. The van der Waals surface area contributed by atoms with E-state index in [1.165, 1.54) is 23.0 Å². The van der Waals surface area contributed by atoms with Crippen LogP contribution < -0.4 is 5.73 Å². The molecule has 3 aromatic rings. The van der Waals surface area contributed by atoms with Crippen LogP contribution in [0.25, 0.3) is 11.2 Å². The van der Waals surface area contributed by atoms with Gasteiger partial charge in [-0.2, -0.15) is 0 Å². The Morgan fingerprint density at radius 1 is 1.20 bits per heavy atom. The summed E-state index contributed by atoms with van der Waals surface area (Å²) < 4.78 is 12.4. The number of nitrogens with two attached hydrogens (primary N) is 1. The lowest BCUT2D eigenvalue weighted by molar-refractivity contribution is -0.384. The van der Waals surface area contributed by atoms with Crippen molar-refractivity contribution in [3.8, 4) is 11.8 Å². The lowest BCUT2D eigenvalue weighted by Crippen LogP contribution is -2.38. The Labute approximate surface area is 233 Å². The molecule has 0 spiro atoms. The smallest absolute Gasteiger partial charge is 0.410 e. The van der Waals surface area contributed by atoms with E-state index in [2.05, 4.69) is 26.8 Å². The molecule has 1 amide bonds. The molecule has 0 aliphatic carbocycles. The number of hydrogen-bond acceptors (Lipinski definition) is 12. The Kier molecular flexibility index (Phi) is 8.26. The number of imidazole rings is 1. The molecule has 0 saturated carbocycles. The number of carbonyl (C=O) groups excluding carboxylic acids is 1. The van der Waals surface area contributed by atoms with Gasteiger partial charge in [-0.1, -0.05) is 5.92 Å². The van der Waals surface area contributed by atoms with Crippen LogP contribution in [0.3, 0.4) is 0 Å². The average molecular weight is 568 g/mol. The topological polar surface area (TPSA) is 212 Å². The summed E-state index contributed by atoms with van der Waals surface area (Å²) in [6, 6.07) is 5.85. The minimum Gasteiger partial charge on any atom is -0.445 e. The molecular weight excluding hydrogens is 538 g/mol. The number of aromatic nitrogens is 4. The fraction of sp³-hybridized carbons (Fsp3) is 0.462. The van der Waals surface area contributed by atoms with Gasteiger partial charge >= 0.3 is 6.09 Å². The SMILES string of the molecule is Nc1nc(C#CCC2CCN(C(=O)OCc3ccc([N+](=O)[O-])cc3)CC2)nc2c1ncn2[C@@H]1O[C@H](CO)C(O)[C@@H]1O. The fourth-order valence-corrected chi connectivity index (χ4v) is 4.83. The number of carbonyl (C=O) groups is 1. The number of fused-ring (bicyclic) bond motifs is 1. The number of nitro groups is 1. The van der Waals surface area contributed by atoms with Gasteiger partial charge in [0.2, 0.25) is 5.82 Å². The van der Waals surface area contributed by atoms with Crippen LogP contribution in [0.15, 0.2) is 30.6 Å². The van der Waals surface area contributed by atoms with Crippen LogP contribution in [0, 0.1) is 27.9 Å². The predicted molar refractivity (Wildman–Crippen MR) is 142 cm³/mol. The normalized spacial score (nSPS) is 22.9. The first-order chi connectivity index (χ1) is 19.7. The van der Waals surface area contributed by atoms with E-state index in [0.29, 0.717) is 30.6 Å². The van der Waals surface area contributed by atoms with Crippen molar-refractivity contribution in [2.75, 3.05) is 25.4 Å². The highest BCUT2D eigenvalue weighted by Gasteiger charge is 2.44. The molecule has 5 N–H and O–H groups in total. The lowest BCUT2D eigenvalue weighted by atomic mass is 9.94. The average Bonchev–Trinajstić information content (AvgIpc) is 3.52. The summed E-state index contributed by atoms with van der Waals surface area (Å²) in [6.45, 7) is 0.607. The molecule has 4 heterocycles. The summed E-state index contributed by atoms with van der Waals surface area (Å²) in [5.41, 5.74) is 7.27. The maximum absolute atomic E-state index is 12.4. The molecule has 2 saturated heterocycles. The quantitative estimate of drug-likeness (QED) is 0.184. The number of nitrogens with zero attached hydrogens (tertiary/aromatic N) is 6. The number of likely N-dealkylation sites (tertiary alicyclic amines) is 1. The largest absolute Gasteiger partial charge is 0.445 e. The van der Waals surface area contributed by atoms with Crippen LogP contribution in [0.5, 0.6) is 0 Å². The summed E-state index contributed by atoms with van der Waals surface area (Å²) in [5, 5.41) is 40.6. The highest BCUT2D eigenvalue weighted by atomic mass is 16.6. The van der Waals surface area contributed by atoms with Gasteiger partial charge in [-0.15, -0.1) is 0 Å². The number of anilines is 1. The van der Waals surface area contributed by atoms with E-state index in [1.807, 2.05) is 0 Å². The number of aliphatic hydroxyl groups is 3. The molecule has 2 aliphatic rings. The number of ether oxygens (including phenoxy) is 2. The molecule has 216 valence electrons. The summed E-state index contributed by atoms with van der Waals surface area (Å²) in [4.78, 5) is 37.2. The van der Waals surface area contributed by atoms with Crippen molar-refractivity contribution in [2.24, 2.45) is 5.92 Å². The third-order valence-corrected chi connectivity index (χ3v) is 7.21. The van der Waals surface area contributed by atoms with Crippen LogP contribution >= 0.6 is 0 Å². The molecular formula is C26H29N7O8. The highest BCUT2D eigenvalue weighted by Crippen LogP contribution is 2.32. The number of non-ortho nitro benzene ring substituents is 1. The summed E-state index contributed by atoms with van der Waals surface area (Å²) in [5.74, 6) is 6.53. The van der Waals surface area contributed by atoms with Gasteiger partial charge in [0.1, 0.15) is 30.4 Å². The monoisotopic (exact) mass is 567 g/mol. The van der Waals surface area contributed by atoms with Gasteiger partial charge in [-0.05, 0) is 42.4 Å². The zero-order chi connectivity index (χ0) is 29.1. The molecule has 2 fully saturated rings. The number of hydrogen-bond donors (Lipinski definition) is 4. The van der Waals surface area contributed by atoms with Gasteiger partial charge in [0, 0.05) is 31.6 Å². The lowest BCUT2D eigenvalue weighted by Gasteiger charge is -2.30. The minimum atomic E-state index is -1.30. The molecule has 1 aromatic carbocycles. The maximum Gasteiger partial charge on any atom is 0.410 e. The zero-order valence-corrected chi connectivity index (χ0v) is 21.9. The third-order valence-electron chi connectivity index (χ3n) is 7.21. The van der Waals surface area contributed by atoms with Crippen LogP contribution in [-0.2, 0) is 16.1 Å². The third kappa shape index (κ3) is 6.05. The van der Waals surface area contributed by atoms with E-state index in [1.54, 1.807) is 17.0 Å². The van der Waals surface area contributed by atoms with Gasteiger partial charge in [0.15, 0.2) is 17.7 Å². The highest BCUT2D eigenvalue weighted by molar-refractivity contribution is 5.82. The zero-order valence-electron chi connectivity index (χ0n) is 21.9. The standard InChI is InChI=1S/C26H29N7O8/c27-23-20-24(32(14-28-20)25-22(36)21(35)18(12-34)41-25)30-19(29-23)3-1-2-15-8-10-31(11-9-15)26(37)40-13-16-4-6-17(7-5-16)33(38)39/h4-7,14-15,18,21-22,25,34-36H,2,8-13H2,(H2,27,29,30)/t18-,21?,22+,25-/m1/s1. The fourth-order valence-electron chi connectivity index (χ4n) is 4.83. The van der Waals surface area contributed by atoms with E-state index in [9.17, 15) is 30.2 Å². The first-order valence-electron chi connectivity index (χ1n) is 13.0. The Bertz CT molecular complexity index is 1480. The van der Waals surface area contributed by atoms with E-state index in [0.717, 1.165) is 12.8 Å². The molecule has 2 aliphatic heterocycles. The van der Waals surface area contributed by atoms with E-state index in [4.69, 9.17) is 15.2 Å². The van der Waals surface area contributed by atoms with Crippen molar-refractivity contribution in [1.29, 1.82) is 0 Å². The van der Waals surface area contributed by atoms with E-state index < -0.39 is 42.2 Å². The van der Waals surface area contributed by atoms with Crippen LogP contribution in [-0.4, -0.2) is 88.8 Å². The molecule has 2 aromatic heterocycles. The van der Waals surface area contributed by atoms with E-state index in [-0.39, 0.29) is 35.5 Å². The van der Waals surface area contributed by atoms with Gasteiger partial charge in [0.05, 0.1) is 17.9 Å². The van der Waals surface area contributed by atoms with Crippen molar-refractivity contribution < 1.29 is 34.5 Å². The first-order valence-corrected chi connectivity index (χ1v) is 13.0. The van der Waals surface area contributed by atoms with Crippen molar-refractivity contribution >= 4 is 28.8 Å². The van der Waals surface area contributed by atoms with Gasteiger partial charge < -0.3 is 35.4 Å². The van der Waals surface area contributed by atoms with Crippen molar-refractivity contribution in [2.45, 2.75) is 50.4 Å². The maximum atomic E-state index is 12.4. The summed E-state index contributed by atoms with van der Waals surface area (Å²) in [7, 11) is 0. The van der Waals surface area contributed by atoms with Gasteiger partial charge in [-0.3, -0.25) is 14.7 Å². The summed E-state index contributed by atoms with van der Waals surface area (Å²) in [6.07, 6.45) is -1.58. The predicted octanol–water partition coefficient (Wildman–Crippen LogP) is 0.719. The molecule has 5 rings (SSSR count). The molecule has 4 atom stereocenters. The molecule has 15 nitrogen and oxygen atoms in total. The Morgan fingerprint density at radius 2 is 1.93 bits per heavy atom. The molecule has 1 unspecified atom stereocenters.